The van der Waals surface area contributed by atoms with Crippen LogP contribution >= 0.6 is 0 Å². The number of nitrogens with one attached hydrogen (secondary N) is 1. The second-order valence-electron chi connectivity index (χ2n) is 8.35. The van der Waals surface area contributed by atoms with Crippen LogP contribution in [0.5, 0.6) is 11.5 Å². The van der Waals surface area contributed by atoms with Crippen LogP contribution in [0.25, 0.3) is 11.4 Å². The monoisotopic (exact) mass is 433 g/mol. The van der Waals surface area contributed by atoms with Gasteiger partial charge in [-0.1, -0.05) is 32.9 Å². The van der Waals surface area contributed by atoms with E-state index >= 15 is 0 Å². The lowest BCUT2D eigenvalue weighted by atomic mass is 9.87. The standard InChI is InChI=1S/C24H27N5O3/c1-24(2,3)16-6-10-19(11-7-16)32-18-8-4-15(5-9-18)23-28-20(22(26)31)12-21(29-23)27-17(13-25)14-30/h4-12,14,17H,13,25H2,1-3H3,(H2,26,31)(H,27,28,29)/t17-/m1/s1. The van der Waals surface area contributed by atoms with E-state index < -0.39 is 11.9 Å². The minimum atomic E-state index is -0.703. The molecule has 2 aromatic carbocycles. The average Bonchev–Trinajstić information content (AvgIpc) is 2.77. The van der Waals surface area contributed by atoms with Gasteiger partial charge in [0.15, 0.2) is 5.82 Å². The third kappa shape index (κ3) is 5.67. The number of anilines is 1. The van der Waals surface area contributed by atoms with Crippen molar-refractivity contribution < 1.29 is 14.3 Å². The van der Waals surface area contributed by atoms with Crippen molar-refractivity contribution in [2.75, 3.05) is 11.9 Å². The van der Waals surface area contributed by atoms with Crippen LogP contribution in [-0.2, 0) is 10.2 Å². The summed E-state index contributed by atoms with van der Waals surface area (Å²) < 4.78 is 5.92. The molecule has 0 radical (unpaired) electrons. The SMILES string of the molecule is CC(C)(C)c1ccc(Oc2ccc(-c3nc(N[C@@H](C=O)CN)cc(C(N)=O)n3)cc2)cc1. The maximum absolute atomic E-state index is 11.7. The van der Waals surface area contributed by atoms with Gasteiger partial charge in [-0.25, -0.2) is 9.97 Å². The van der Waals surface area contributed by atoms with E-state index in [1.165, 1.54) is 11.6 Å². The van der Waals surface area contributed by atoms with E-state index in [1.54, 1.807) is 24.3 Å². The number of hydrogen-bond donors (Lipinski definition) is 3. The highest BCUT2D eigenvalue weighted by Gasteiger charge is 2.14. The van der Waals surface area contributed by atoms with Gasteiger partial charge in [0.2, 0.25) is 0 Å². The van der Waals surface area contributed by atoms with Crippen molar-refractivity contribution in [2.45, 2.75) is 32.2 Å². The molecule has 1 amide bonds. The van der Waals surface area contributed by atoms with Crippen LogP contribution in [0, 0.1) is 0 Å². The molecule has 0 unspecified atom stereocenters. The highest BCUT2D eigenvalue weighted by molar-refractivity contribution is 5.92. The second-order valence-corrected chi connectivity index (χ2v) is 8.35. The maximum Gasteiger partial charge on any atom is 0.267 e. The van der Waals surface area contributed by atoms with Gasteiger partial charge < -0.3 is 26.3 Å². The fourth-order valence-corrected chi connectivity index (χ4v) is 2.95. The third-order valence-corrected chi connectivity index (χ3v) is 4.80. The summed E-state index contributed by atoms with van der Waals surface area (Å²) in [6, 6.07) is 15.9. The zero-order valence-electron chi connectivity index (χ0n) is 18.3. The van der Waals surface area contributed by atoms with Crippen molar-refractivity contribution in [1.82, 2.24) is 9.97 Å². The normalized spacial score (nSPS) is 12.1. The average molecular weight is 434 g/mol. The quantitative estimate of drug-likeness (QED) is 0.464. The summed E-state index contributed by atoms with van der Waals surface area (Å²) in [6.45, 7) is 6.56. The molecular weight excluding hydrogens is 406 g/mol. The van der Waals surface area contributed by atoms with Crippen molar-refractivity contribution >= 4 is 18.0 Å². The van der Waals surface area contributed by atoms with E-state index in [0.717, 1.165) is 5.75 Å². The molecule has 1 atom stereocenters. The van der Waals surface area contributed by atoms with E-state index in [2.05, 4.69) is 48.2 Å². The van der Waals surface area contributed by atoms with Gasteiger partial charge in [0.25, 0.3) is 5.91 Å². The number of nitrogens with two attached hydrogens (primary N) is 2. The molecule has 166 valence electrons. The number of aromatic nitrogens is 2. The third-order valence-electron chi connectivity index (χ3n) is 4.80. The first kappa shape index (κ1) is 22.9. The Morgan fingerprint density at radius 2 is 1.66 bits per heavy atom. The lowest BCUT2D eigenvalue weighted by Crippen LogP contribution is -2.30. The first-order valence-corrected chi connectivity index (χ1v) is 10.2. The van der Waals surface area contributed by atoms with E-state index in [0.29, 0.717) is 17.6 Å². The number of rotatable bonds is 8. The number of aldehydes is 1. The smallest absolute Gasteiger partial charge is 0.267 e. The summed E-state index contributed by atoms with van der Waals surface area (Å²) in [4.78, 5) is 31.4. The van der Waals surface area contributed by atoms with Gasteiger partial charge >= 0.3 is 0 Å². The maximum atomic E-state index is 11.7. The van der Waals surface area contributed by atoms with Crippen LogP contribution in [0.4, 0.5) is 5.82 Å². The van der Waals surface area contributed by atoms with E-state index in [1.807, 2.05) is 12.1 Å². The molecule has 0 saturated carbocycles. The van der Waals surface area contributed by atoms with Crippen molar-refractivity contribution in [3.63, 3.8) is 0 Å². The summed E-state index contributed by atoms with van der Waals surface area (Å²) >= 11 is 0. The number of nitrogens with zero attached hydrogens (tertiary/aromatic N) is 2. The van der Waals surface area contributed by atoms with Gasteiger partial charge in [-0.2, -0.15) is 0 Å². The van der Waals surface area contributed by atoms with Crippen LogP contribution in [0.3, 0.4) is 0 Å². The lowest BCUT2D eigenvalue weighted by Gasteiger charge is -2.19. The Morgan fingerprint density at radius 3 is 2.16 bits per heavy atom. The Balaban J connectivity index is 1.82. The second kappa shape index (κ2) is 9.57. The molecule has 3 aromatic rings. The highest BCUT2D eigenvalue weighted by Crippen LogP contribution is 2.28. The Kier molecular flexibility index (Phi) is 6.85. The Morgan fingerprint density at radius 1 is 1.06 bits per heavy atom. The van der Waals surface area contributed by atoms with Gasteiger partial charge in [-0.15, -0.1) is 0 Å². The lowest BCUT2D eigenvalue weighted by molar-refractivity contribution is -0.108. The van der Waals surface area contributed by atoms with Crippen LogP contribution < -0.4 is 21.5 Å². The predicted octanol–water partition coefficient (Wildman–Crippen LogP) is 3.27. The molecule has 0 bridgehead atoms. The van der Waals surface area contributed by atoms with Gasteiger partial charge in [-0.3, -0.25) is 4.79 Å². The van der Waals surface area contributed by atoms with E-state index in [4.69, 9.17) is 16.2 Å². The zero-order valence-corrected chi connectivity index (χ0v) is 18.3. The molecule has 8 heteroatoms. The van der Waals surface area contributed by atoms with Crippen LogP contribution in [0.1, 0.15) is 36.8 Å². The van der Waals surface area contributed by atoms with Crippen LogP contribution in [-0.4, -0.2) is 34.7 Å². The first-order chi connectivity index (χ1) is 15.2. The van der Waals surface area contributed by atoms with Crippen molar-refractivity contribution in [3.8, 4) is 22.9 Å². The summed E-state index contributed by atoms with van der Waals surface area (Å²) in [5.74, 6) is 1.24. The van der Waals surface area contributed by atoms with Crippen LogP contribution in [0.2, 0.25) is 0 Å². The highest BCUT2D eigenvalue weighted by atomic mass is 16.5. The minimum absolute atomic E-state index is 0.0263. The van der Waals surface area contributed by atoms with Crippen molar-refractivity contribution in [3.05, 3.63) is 65.9 Å². The van der Waals surface area contributed by atoms with E-state index in [-0.39, 0.29) is 29.3 Å². The number of amides is 1. The molecule has 32 heavy (non-hydrogen) atoms. The Hall–Kier alpha value is -3.78. The Labute approximate surface area is 187 Å². The molecule has 0 spiro atoms. The van der Waals surface area contributed by atoms with Crippen molar-refractivity contribution in [2.24, 2.45) is 11.5 Å². The molecule has 5 N–H and O–H groups in total. The molecule has 3 rings (SSSR count). The topological polar surface area (TPSA) is 133 Å². The molecule has 0 aliphatic rings. The summed E-state index contributed by atoms with van der Waals surface area (Å²) in [6.07, 6.45) is 0.673. The fraction of sp³-hybridized carbons (Fsp3) is 0.250. The molecule has 0 aliphatic carbocycles. The van der Waals surface area contributed by atoms with Crippen LogP contribution in [0.15, 0.2) is 54.6 Å². The molecule has 0 aliphatic heterocycles. The van der Waals surface area contributed by atoms with Gasteiger partial charge in [-0.05, 0) is 47.4 Å². The number of benzene rings is 2. The van der Waals surface area contributed by atoms with Crippen molar-refractivity contribution in [1.29, 1.82) is 0 Å². The molecule has 8 nitrogen and oxygen atoms in total. The number of carbonyl (C=O) groups excluding carboxylic acids is 2. The first-order valence-electron chi connectivity index (χ1n) is 10.2. The largest absolute Gasteiger partial charge is 0.457 e. The van der Waals surface area contributed by atoms with Gasteiger partial charge in [0, 0.05) is 18.2 Å². The summed E-state index contributed by atoms with van der Waals surface area (Å²) in [7, 11) is 0. The predicted molar refractivity (Wildman–Crippen MR) is 124 cm³/mol. The zero-order chi connectivity index (χ0) is 23.3. The summed E-state index contributed by atoms with van der Waals surface area (Å²) in [5, 5.41) is 2.87. The molecule has 1 heterocycles. The van der Waals surface area contributed by atoms with Gasteiger partial charge in [0.05, 0.1) is 6.04 Å². The van der Waals surface area contributed by atoms with E-state index in [9.17, 15) is 9.59 Å². The minimum Gasteiger partial charge on any atom is -0.457 e. The van der Waals surface area contributed by atoms with Gasteiger partial charge in [0.1, 0.15) is 29.3 Å². The molecule has 1 aromatic heterocycles. The number of ether oxygens (including phenoxy) is 1. The number of carbonyl (C=O) groups is 2. The summed E-state index contributed by atoms with van der Waals surface area (Å²) in [5.41, 5.74) is 12.9. The molecule has 0 fully saturated rings. The Bertz CT molecular complexity index is 1090. The number of primary amides is 1. The number of hydrogen-bond acceptors (Lipinski definition) is 7. The molecule has 0 saturated heterocycles. The molecular formula is C24H27N5O3. The fourth-order valence-electron chi connectivity index (χ4n) is 2.95.